The number of aromatic nitrogens is 3. The Morgan fingerprint density at radius 2 is 1.75 bits per heavy atom. The number of pyridine rings is 1. The first-order chi connectivity index (χ1) is 19.4. The number of methoxy groups -OCH3 is 1. The van der Waals surface area contributed by atoms with E-state index in [2.05, 4.69) is 31.7 Å². The minimum absolute atomic E-state index is 0.0253. The number of ether oxygens (including phenoxy) is 2. The number of imidazole rings is 1. The summed E-state index contributed by atoms with van der Waals surface area (Å²) in [4.78, 5) is 11.2. The standard InChI is InChI=1S/C29H34N6O4S/c1-38-28-27(40(36,37)32-18-20-4-2-3-5-20)17-22(19-31-28)21-6-11-25-26(16-21)35(29(30)33-25)24-9-7-23(8-10-24)34-12-14-39-15-13-34/h6-11,16-17,19-20,32H,2-5,12-15,18H2,1H3,(H2,30,33). The number of benzene rings is 2. The SMILES string of the molecule is COc1ncc(-c2ccc3nc(N)n(-c4ccc(N5CCOCC5)cc4)c3c2)cc1S(=O)(=O)NCC1CCCC1. The monoisotopic (exact) mass is 562 g/mol. The Bertz CT molecular complexity index is 1610. The van der Waals surface area contributed by atoms with Crippen LogP contribution in [0.15, 0.2) is 59.6 Å². The Balaban J connectivity index is 1.33. The summed E-state index contributed by atoms with van der Waals surface area (Å²) in [5, 5.41) is 0. The van der Waals surface area contributed by atoms with Crippen molar-refractivity contribution in [2.24, 2.45) is 5.92 Å². The van der Waals surface area contributed by atoms with Gasteiger partial charge in [0.2, 0.25) is 21.9 Å². The second-order valence-corrected chi connectivity index (χ2v) is 12.1. The van der Waals surface area contributed by atoms with Gasteiger partial charge in [-0.15, -0.1) is 0 Å². The maximum Gasteiger partial charge on any atom is 0.245 e. The van der Waals surface area contributed by atoms with Crippen LogP contribution in [0.2, 0.25) is 0 Å². The molecule has 10 nitrogen and oxygen atoms in total. The second-order valence-electron chi connectivity index (χ2n) is 10.4. The number of nitrogens with two attached hydrogens (primary N) is 1. The van der Waals surface area contributed by atoms with Gasteiger partial charge >= 0.3 is 0 Å². The third kappa shape index (κ3) is 5.24. The molecule has 11 heteroatoms. The third-order valence-corrected chi connectivity index (χ3v) is 9.25. The van der Waals surface area contributed by atoms with Gasteiger partial charge in [-0.25, -0.2) is 23.1 Å². The van der Waals surface area contributed by atoms with Gasteiger partial charge in [-0.3, -0.25) is 4.57 Å². The van der Waals surface area contributed by atoms with Gasteiger partial charge in [0.25, 0.3) is 0 Å². The van der Waals surface area contributed by atoms with Gasteiger partial charge in [0, 0.05) is 42.8 Å². The van der Waals surface area contributed by atoms with E-state index < -0.39 is 10.0 Å². The summed E-state index contributed by atoms with van der Waals surface area (Å²) in [5.74, 6) is 0.810. The van der Waals surface area contributed by atoms with Crippen LogP contribution in [0.5, 0.6) is 5.88 Å². The third-order valence-electron chi connectivity index (χ3n) is 7.84. The highest BCUT2D eigenvalue weighted by Crippen LogP contribution is 2.32. The van der Waals surface area contributed by atoms with Gasteiger partial charge in [0.05, 0.1) is 31.4 Å². The van der Waals surface area contributed by atoms with Crippen LogP contribution in [0, 0.1) is 5.92 Å². The molecule has 4 aromatic rings. The highest BCUT2D eigenvalue weighted by molar-refractivity contribution is 7.89. The second kappa shape index (κ2) is 11.1. The van der Waals surface area contributed by atoms with Crippen LogP contribution >= 0.6 is 0 Å². The summed E-state index contributed by atoms with van der Waals surface area (Å²) >= 11 is 0. The van der Waals surface area contributed by atoms with Crippen molar-refractivity contribution in [2.75, 3.05) is 50.6 Å². The lowest BCUT2D eigenvalue weighted by Crippen LogP contribution is -2.36. The summed E-state index contributed by atoms with van der Waals surface area (Å²) in [6.07, 6.45) is 6.01. The number of rotatable bonds is 8. The molecule has 6 rings (SSSR count). The smallest absolute Gasteiger partial charge is 0.245 e. The Labute approximate surface area is 234 Å². The maximum atomic E-state index is 13.3. The molecule has 1 aliphatic carbocycles. The quantitative estimate of drug-likeness (QED) is 0.330. The van der Waals surface area contributed by atoms with Crippen molar-refractivity contribution >= 4 is 32.7 Å². The Kier molecular flexibility index (Phi) is 7.35. The van der Waals surface area contributed by atoms with Crippen LogP contribution in [0.1, 0.15) is 25.7 Å². The molecule has 1 saturated carbocycles. The molecule has 0 amide bonds. The van der Waals surface area contributed by atoms with Gasteiger partial charge in [0.15, 0.2) is 0 Å². The van der Waals surface area contributed by atoms with Crippen molar-refractivity contribution in [3.8, 4) is 22.7 Å². The lowest BCUT2D eigenvalue weighted by Gasteiger charge is -2.29. The molecule has 0 bridgehead atoms. The van der Waals surface area contributed by atoms with Crippen molar-refractivity contribution in [1.29, 1.82) is 0 Å². The van der Waals surface area contributed by atoms with E-state index in [0.717, 1.165) is 80.0 Å². The van der Waals surface area contributed by atoms with Crippen molar-refractivity contribution in [3.05, 3.63) is 54.7 Å². The average molecular weight is 563 g/mol. The molecule has 0 unspecified atom stereocenters. The molecule has 2 aliphatic rings. The van der Waals surface area contributed by atoms with Gasteiger partial charge in [-0.1, -0.05) is 18.9 Å². The van der Waals surface area contributed by atoms with E-state index in [0.29, 0.717) is 24.0 Å². The van der Waals surface area contributed by atoms with Crippen molar-refractivity contribution in [1.82, 2.24) is 19.3 Å². The van der Waals surface area contributed by atoms with E-state index in [4.69, 9.17) is 15.2 Å². The molecule has 0 spiro atoms. The number of nitrogens with one attached hydrogen (secondary N) is 1. The summed E-state index contributed by atoms with van der Waals surface area (Å²) in [5.41, 5.74) is 11.4. The zero-order valence-electron chi connectivity index (χ0n) is 22.5. The average Bonchev–Trinajstić information content (AvgIpc) is 3.63. The zero-order valence-corrected chi connectivity index (χ0v) is 23.4. The van der Waals surface area contributed by atoms with Crippen molar-refractivity contribution in [3.63, 3.8) is 0 Å². The molecule has 0 radical (unpaired) electrons. The fraction of sp³-hybridized carbons (Fsp3) is 0.379. The minimum atomic E-state index is -3.81. The van der Waals surface area contributed by atoms with Crippen LogP contribution in [-0.2, 0) is 14.8 Å². The molecule has 1 aliphatic heterocycles. The fourth-order valence-corrected chi connectivity index (χ4v) is 6.89. The molecule has 40 heavy (non-hydrogen) atoms. The highest BCUT2D eigenvalue weighted by atomic mass is 32.2. The molecule has 2 aromatic heterocycles. The number of morpholine rings is 1. The van der Waals surface area contributed by atoms with E-state index in [1.165, 1.54) is 7.11 Å². The van der Waals surface area contributed by atoms with Crippen LogP contribution in [0.3, 0.4) is 0 Å². The predicted octanol–water partition coefficient (Wildman–Crippen LogP) is 3.98. The largest absolute Gasteiger partial charge is 0.480 e. The Morgan fingerprint density at radius 3 is 2.48 bits per heavy atom. The lowest BCUT2D eigenvalue weighted by molar-refractivity contribution is 0.122. The van der Waals surface area contributed by atoms with Crippen LogP contribution in [0.25, 0.3) is 27.8 Å². The Morgan fingerprint density at radius 1 is 1.02 bits per heavy atom. The molecular formula is C29H34N6O4S. The topological polar surface area (TPSA) is 125 Å². The van der Waals surface area contributed by atoms with Gasteiger partial charge in [0.1, 0.15) is 4.90 Å². The molecule has 1 saturated heterocycles. The molecular weight excluding hydrogens is 528 g/mol. The van der Waals surface area contributed by atoms with Gasteiger partial charge < -0.3 is 20.1 Å². The van der Waals surface area contributed by atoms with Crippen LogP contribution in [-0.4, -0.2) is 62.9 Å². The summed E-state index contributed by atoms with van der Waals surface area (Å²) < 4.78 is 42.0. The first kappa shape index (κ1) is 26.5. The maximum absolute atomic E-state index is 13.3. The first-order valence-corrected chi connectivity index (χ1v) is 15.2. The number of nitrogens with zero attached hydrogens (tertiary/aromatic N) is 4. The molecule has 210 valence electrons. The summed E-state index contributed by atoms with van der Waals surface area (Å²) in [6, 6.07) is 15.6. The van der Waals surface area contributed by atoms with Gasteiger partial charge in [-0.05, 0) is 66.8 Å². The van der Waals surface area contributed by atoms with E-state index in [-0.39, 0.29) is 10.8 Å². The molecule has 0 atom stereocenters. The molecule has 2 aromatic carbocycles. The molecule has 3 N–H and O–H groups in total. The first-order valence-electron chi connectivity index (χ1n) is 13.7. The van der Waals surface area contributed by atoms with E-state index >= 15 is 0 Å². The normalized spacial score (nSPS) is 16.6. The number of nitrogen functional groups attached to an aromatic ring is 1. The summed E-state index contributed by atoms with van der Waals surface area (Å²) in [6.45, 7) is 3.60. The highest BCUT2D eigenvalue weighted by Gasteiger charge is 2.24. The van der Waals surface area contributed by atoms with Crippen molar-refractivity contribution in [2.45, 2.75) is 30.6 Å². The summed E-state index contributed by atoms with van der Waals surface area (Å²) in [7, 11) is -2.38. The number of sulfonamides is 1. The molecule has 2 fully saturated rings. The van der Waals surface area contributed by atoms with Crippen LogP contribution in [0.4, 0.5) is 11.6 Å². The predicted molar refractivity (Wildman–Crippen MR) is 155 cm³/mol. The number of hydrogen-bond donors (Lipinski definition) is 2. The lowest BCUT2D eigenvalue weighted by atomic mass is 10.1. The van der Waals surface area contributed by atoms with Crippen molar-refractivity contribution < 1.29 is 17.9 Å². The Hall–Kier alpha value is -3.67. The molecule has 3 heterocycles. The minimum Gasteiger partial charge on any atom is -0.480 e. The number of fused-ring (bicyclic) bond motifs is 1. The van der Waals surface area contributed by atoms with E-state index in [1.54, 1.807) is 12.3 Å². The van der Waals surface area contributed by atoms with E-state index in [1.807, 2.05) is 34.9 Å². The van der Waals surface area contributed by atoms with E-state index in [9.17, 15) is 8.42 Å². The van der Waals surface area contributed by atoms with Crippen LogP contribution < -0.4 is 20.1 Å². The number of hydrogen-bond acceptors (Lipinski definition) is 8. The fourth-order valence-electron chi connectivity index (χ4n) is 5.63. The number of anilines is 2. The zero-order chi connectivity index (χ0) is 27.7. The van der Waals surface area contributed by atoms with Gasteiger partial charge in [-0.2, -0.15) is 0 Å².